The van der Waals surface area contributed by atoms with Gasteiger partial charge in [-0.15, -0.1) is 0 Å². The van der Waals surface area contributed by atoms with Crippen LogP contribution >= 0.6 is 0 Å². The van der Waals surface area contributed by atoms with Gasteiger partial charge in [-0.05, 0) is 63.2 Å². The van der Waals surface area contributed by atoms with Gasteiger partial charge in [0.2, 0.25) is 5.91 Å². The minimum absolute atomic E-state index is 0.0569. The Kier molecular flexibility index (Phi) is 3.08. The molecule has 4 aliphatic rings. The van der Waals surface area contributed by atoms with Gasteiger partial charge in [0.05, 0.1) is 17.4 Å². The molecular formula is C16H24N2O. The average Bonchev–Trinajstić information content (AvgIpc) is 2.36. The Morgan fingerprint density at radius 2 is 1.74 bits per heavy atom. The number of nitriles is 1. The van der Waals surface area contributed by atoms with E-state index in [0.29, 0.717) is 12.5 Å². The first-order valence-electron chi connectivity index (χ1n) is 7.67. The summed E-state index contributed by atoms with van der Waals surface area (Å²) in [5.41, 5.74) is -0.0569. The van der Waals surface area contributed by atoms with Crippen LogP contribution in [0, 0.1) is 40.4 Å². The Labute approximate surface area is 116 Å². The summed E-state index contributed by atoms with van der Waals surface area (Å²) >= 11 is 0. The zero-order valence-electron chi connectivity index (χ0n) is 12.1. The fourth-order valence-corrected chi connectivity index (χ4v) is 5.31. The van der Waals surface area contributed by atoms with Crippen molar-refractivity contribution >= 4 is 5.91 Å². The van der Waals surface area contributed by atoms with E-state index >= 15 is 0 Å². The van der Waals surface area contributed by atoms with Crippen LogP contribution in [-0.2, 0) is 4.79 Å². The van der Waals surface area contributed by atoms with Crippen LogP contribution < -0.4 is 0 Å². The molecule has 4 rings (SSSR count). The molecule has 1 unspecified atom stereocenters. The van der Waals surface area contributed by atoms with Crippen molar-refractivity contribution < 1.29 is 4.79 Å². The van der Waals surface area contributed by atoms with E-state index in [-0.39, 0.29) is 11.3 Å². The second-order valence-corrected chi connectivity index (χ2v) is 7.41. The van der Waals surface area contributed by atoms with E-state index in [1.807, 2.05) is 18.9 Å². The van der Waals surface area contributed by atoms with Gasteiger partial charge in [-0.1, -0.05) is 0 Å². The van der Waals surface area contributed by atoms with Gasteiger partial charge < -0.3 is 4.90 Å². The smallest absolute Gasteiger partial charge is 0.228 e. The highest BCUT2D eigenvalue weighted by molar-refractivity contribution is 5.83. The Balaban J connectivity index is 1.74. The summed E-state index contributed by atoms with van der Waals surface area (Å²) in [5, 5.41) is 8.91. The predicted molar refractivity (Wildman–Crippen MR) is 73.0 cm³/mol. The molecule has 0 spiro atoms. The first-order chi connectivity index (χ1) is 9.02. The van der Waals surface area contributed by atoms with Crippen LogP contribution in [0.3, 0.4) is 0 Å². The van der Waals surface area contributed by atoms with Crippen LogP contribution in [0.25, 0.3) is 0 Å². The summed E-state index contributed by atoms with van der Waals surface area (Å²) in [6.45, 7) is 2.47. The SMILES string of the molecule is CC(C#N)CN(C)C(=O)C12CC3CC(CC(C3)C1)C2. The number of rotatable bonds is 3. The Bertz CT molecular complexity index is 388. The lowest BCUT2D eigenvalue weighted by Crippen LogP contribution is -2.54. The highest BCUT2D eigenvalue weighted by atomic mass is 16.2. The standard InChI is InChI=1S/C16H24N2O/c1-11(9-17)10-18(2)15(19)16-6-12-3-13(7-16)5-14(4-12)8-16/h11-14H,3-8,10H2,1-2H3. The first kappa shape index (κ1) is 13.0. The van der Waals surface area contributed by atoms with Crippen molar-refractivity contribution in [2.24, 2.45) is 29.1 Å². The van der Waals surface area contributed by atoms with Gasteiger partial charge in [0.25, 0.3) is 0 Å². The number of carbonyl (C=O) groups excluding carboxylic acids is 1. The van der Waals surface area contributed by atoms with E-state index in [9.17, 15) is 4.79 Å². The normalized spacial score (nSPS) is 40.8. The summed E-state index contributed by atoms with van der Waals surface area (Å²) in [6, 6.07) is 2.23. The van der Waals surface area contributed by atoms with E-state index in [2.05, 4.69) is 6.07 Å². The van der Waals surface area contributed by atoms with Gasteiger partial charge in [0, 0.05) is 13.6 Å². The maximum absolute atomic E-state index is 12.9. The largest absolute Gasteiger partial charge is 0.344 e. The molecule has 104 valence electrons. The molecule has 4 bridgehead atoms. The second-order valence-electron chi connectivity index (χ2n) is 7.41. The van der Waals surface area contributed by atoms with Gasteiger partial charge >= 0.3 is 0 Å². The molecule has 4 fully saturated rings. The number of hydrogen-bond acceptors (Lipinski definition) is 2. The molecule has 4 aliphatic carbocycles. The van der Waals surface area contributed by atoms with E-state index in [1.54, 1.807) is 0 Å². The van der Waals surface area contributed by atoms with Crippen LogP contribution in [0.5, 0.6) is 0 Å². The second kappa shape index (κ2) is 4.51. The quantitative estimate of drug-likeness (QED) is 0.783. The molecule has 0 heterocycles. The third-order valence-corrected chi connectivity index (χ3v) is 5.61. The molecule has 1 atom stereocenters. The van der Waals surface area contributed by atoms with Gasteiger partial charge in [-0.2, -0.15) is 5.26 Å². The number of amides is 1. The Morgan fingerprint density at radius 3 is 2.16 bits per heavy atom. The lowest BCUT2D eigenvalue weighted by Gasteiger charge is -2.56. The predicted octanol–water partition coefficient (Wildman–Crippen LogP) is 2.82. The van der Waals surface area contributed by atoms with Gasteiger partial charge in [0.1, 0.15) is 0 Å². The molecular weight excluding hydrogens is 236 g/mol. The summed E-state index contributed by atoms with van der Waals surface area (Å²) in [6.07, 6.45) is 7.44. The minimum Gasteiger partial charge on any atom is -0.344 e. The van der Waals surface area contributed by atoms with Crippen molar-refractivity contribution in [3.63, 3.8) is 0 Å². The molecule has 1 amide bonds. The summed E-state index contributed by atoms with van der Waals surface area (Å²) in [5.74, 6) is 2.67. The first-order valence-corrected chi connectivity index (χ1v) is 7.67. The maximum atomic E-state index is 12.9. The zero-order valence-corrected chi connectivity index (χ0v) is 12.1. The third kappa shape index (κ3) is 2.16. The molecule has 0 radical (unpaired) electrons. The topological polar surface area (TPSA) is 44.1 Å². The third-order valence-electron chi connectivity index (χ3n) is 5.61. The van der Waals surface area contributed by atoms with E-state index < -0.39 is 0 Å². The minimum atomic E-state index is -0.0668. The van der Waals surface area contributed by atoms with Crippen molar-refractivity contribution in [1.29, 1.82) is 5.26 Å². The van der Waals surface area contributed by atoms with E-state index in [4.69, 9.17) is 5.26 Å². The lowest BCUT2D eigenvalue weighted by molar-refractivity contribution is -0.156. The van der Waals surface area contributed by atoms with Crippen molar-refractivity contribution in [1.82, 2.24) is 4.90 Å². The number of hydrogen-bond donors (Lipinski definition) is 0. The average molecular weight is 260 g/mol. The van der Waals surface area contributed by atoms with Crippen molar-refractivity contribution in [2.45, 2.75) is 45.4 Å². The zero-order chi connectivity index (χ0) is 13.6. The van der Waals surface area contributed by atoms with Gasteiger partial charge in [-0.25, -0.2) is 0 Å². The summed E-state index contributed by atoms with van der Waals surface area (Å²) < 4.78 is 0. The van der Waals surface area contributed by atoms with Gasteiger partial charge in [-0.3, -0.25) is 4.79 Å². The lowest BCUT2D eigenvalue weighted by atomic mass is 9.49. The molecule has 4 saturated carbocycles. The summed E-state index contributed by atoms with van der Waals surface area (Å²) in [7, 11) is 1.88. The van der Waals surface area contributed by atoms with Crippen LogP contribution in [0.1, 0.15) is 45.4 Å². The van der Waals surface area contributed by atoms with Crippen molar-refractivity contribution in [2.75, 3.05) is 13.6 Å². The highest BCUT2D eigenvalue weighted by Gasteiger charge is 2.55. The van der Waals surface area contributed by atoms with Crippen LogP contribution in [0.4, 0.5) is 0 Å². The Morgan fingerprint density at radius 1 is 1.26 bits per heavy atom. The fourth-order valence-electron chi connectivity index (χ4n) is 5.31. The molecule has 0 aromatic rings. The van der Waals surface area contributed by atoms with E-state index in [1.165, 1.54) is 19.3 Å². The molecule has 3 heteroatoms. The molecule has 19 heavy (non-hydrogen) atoms. The van der Waals surface area contributed by atoms with Crippen LogP contribution in [0.2, 0.25) is 0 Å². The molecule has 0 aromatic heterocycles. The highest BCUT2D eigenvalue weighted by Crippen LogP contribution is 2.60. The number of carbonyl (C=O) groups is 1. The molecule has 0 aromatic carbocycles. The molecule has 0 N–H and O–H groups in total. The summed E-state index contributed by atoms with van der Waals surface area (Å²) in [4.78, 5) is 14.7. The monoisotopic (exact) mass is 260 g/mol. The maximum Gasteiger partial charge on any atom is 0.228 e. The number of nitrogens with zero attached hydrogens (tertiary/aromatic N) is 2. The van der Waals surface area contributed by atoms with Gasteiger partial charge in [0.15, 0.2) is 0 Å². The molecule has 3 nitrogen and oxygen atoms in total. The van der Waals surface area contributed by atoms with Crippen molar-refractivity contribution in [3.8, 4) is 6.07 Å². The van der Waals surface area contributed by atoms with Crippen LogP contribution in [-0.4, -0.2) is 24.4 Å². The van der Waals surface area contributed by atoms with Crippen molar-refractivity contribution in [3.05, 3.63) is 0 Å². The van der Waals surface area contributed by atoms with Crippen LogP contribution in [0.15, 0.2) is 0 Å². The van der Waals surface area contributed by atoms with E-state index in [0.717, 1.165) is 37.0 Å². The Hall–Kier alpha value is -1.04. The molecule has 0 saturated heterocycles. The molecule has 0 aliphatic heterocycles. The fraction of sp³-hybridized carbons (Fsp3) is 0.875.